The Morgan fingerprint density at radius 2 is 2.03 bits per heavy atom. The topological polar surface area (TPSA) is 99.6 Å². The van der Waals surface area contributed by atoms with Crippen molar-refractivity contribution < 1.29 is 9.84 Å². The number of hydrogen-bond acceptors (Lipinski definition) is 6. The molecule has 2 heterocycles. The molecule has 0 aliphatic carbocycles. The maximum atomic E-state index is 12.5. The van der Waals surface area contributed by atoms with Crippen LogP contribution in [0.1, 0.15) is 30.9 Å². The quantitative estimate of drug-likeness (QED) is 0.537. The Morgan fingerprint density at radius 1 is 1.23 bits per heavy atom. The lowest BCUT2D eigenvalue weighted by molar-refractivity contribution is -0.0279. The predicted octanol–water partition coefficient (Wildman–Crippen LogP) is 1.62. The van der Waals surface area contributed by atoms with Crippen molar-refractivity contribution in [1.29, 1.82) is 0 Å². The number of nitrogens with zero attached hydrogens (tertiary/aromatic N) is 2. The number of aliphatic hydroxyl groups is 1. The maximum Gasteiger partial charge on any atom is 0.329 e. The van der Waals surface area contributed by atoms with Gasteiger partial charge in [-0.05, 0) is 56.0 Å². The van der Waals surface area contributed by atoms with Gasteiger partial charge in [0.25, 0.3) is 5.56 Å². The largest absolute Gasteiger partial charge is 0.395 e. The molecular weight excluding hydrogens is 384 g/mol. The van der Waals surface area contributed by atoms with Gasteiger partial charge in [0, 0.05) is 24.8 Å². The number of hydrogen-bond donors (Lipinski definition) is 3. The minimum atomic E-state index is -0.410. The summed E-state index contributed by atoms with van der Waals surface area (Å²) in [6, 6.07) is 7.45. The Kier molecular flexibility index (Phi) is 7.84. The Bertz CT molecular complexity index is 922. The summed E-state index contributed by atoms with van der Waals surface area (Å²) in [6.45, 7) is 7.43. The summed E-state index contributed by atoms with van der Waals surface area (Å²) in [5.74, 6) is 0.395. The Morgan fingerprint density at radius 3 is 2.77 bits per heavy atom. The molecule has 1 fully saturated rings. The van der Waals surface area contributed by atoms with E-state index in [0.29, 0.717) is 32.0 Å². The van der Waals surface area contributed by atoms with Gasteiger partial charge in [0.15, 0.2) is 0 Å². The van der Waals surface area contributed by atoms with Crippen LogP contribution in [0.3, 0.4) is 0 Å². The lowest BCUT2D eigenvalue weighted by atomic mass is 10.1. The number of benzene rings is 1. The number of H-pyrrole nitrogens is 1. The van der Waals surface area contributed by atoms with Gasteiger partial charge in [0.2, 0.25) is 0 Å². The normalized spacial score (nSPS) is 17.2. The van der Waals surface area contributed by atoms with Gasteiger partial charge in [-0.3, -0.25) is 19.2 Å². The fraction of sp³-hybridized carbons (Fsp3) is 0.545. The molecule has 30 heavy (non-hydrogen) atoms. The molecule has 1 atom stereocenters. The molecule has 3 N–H and O–H groups in total. The Hall–Kier alpha value is -2.42. The highest BCUT2D eigenvalue weighted by Crippen LogP contribution is 2.18. The minimum Gasteiger partial charge on any atom is -0.395 e. The van der Waals surface area contributed by atoms with E-state index < -0.39 is 5.69 Å². The summed E-state index contributed by atoms with van der Waals surface area (Å²) in [5.41, 5.74) is 2.55. The molecule has 164 valence electrons. The molecule has 1 aliphatic heterocycles. The zero-order chi connectivity index (χ0) is 21.5. The van der Waals surface area contributed by atoms with E-state index in [1.165, 1.54) is 21.8 Å². The number of nitrogens with one attached hydrogen (secondary N) is 2. The number of anilines is 2. The molecule has 0 amide bonds. The van der Waals surface area contributed by atoms with Gasteiger partial charge in [-0.15, -0.1) is 0 Å². The molecule has 2 aromatic rings. The van der Waals surface area contributed by atoms with Crippen molar-refractivity contribution in [2.45, 2.75) is 45.7 Å². The van der Waals surface area contributed by atoms with Crippen LogP contribution >= 0.6 is 0 Å². The maximum absolute atomic E-state index is 12.5. The van der Waals surface area contributed by atoms with Gasteiger partial charge in [-0.2, -0.15) is 0 Å². The highest BCUT2D eigenvalue weighted by Gasteiger charge is 2.21. The molecule has 1 unspecified atom stereocenters. The van der Waals surface area contributed by atoms with Gasteiger partial charge in [-0.1, -0.05) is 13.0 Å². The lowest BCUT2D eigenvalue weighted by Crippen LogP contribution is -2.47. The summed E-state index contributed by atoms with van der Waals surface area (Å²) < 4.78 is 6.62. The number of aliphatic hydroxyl groups excluding tert-OH is 1. The van der Waals surface area contributed by atoms with Crippen molar-refractivity contribution in [1.82, 2.24) is 14.5 Å². The predicted molar refractivity (Wildman–Crippen MR) is 118 cm³/mol. The van der Waals surface area contributed by atoms with Crippen LogP contribution in [0.2, 0.25) is 0 Å². The van der Waals surface area contributed by atoms with Crippen LogP contribution in [0.25, 0.3) is 0 Å². The first-order valence-corrected chi connectivity index (χ1v) is 10.6. The molecule has 1 saturated heterocycles. The third-order valence-corrected chi connectivity index (χ3v) is 5.67. The van der Waals surface area contributed by atoms with E-state index in [1.54, 1.807) is 0 Å². The van der Waals surface area contributed by atoms with E-state index in [-0.39, 0.29) is 18.2 Å². The number of aromatic amines is 1. The molecule has 1 aliphatic rings. The number of aryl methyl sites for hydroxylation is 2. The number of ether oxygens (including phenoxy) is 1. The molecule has 1 aromatic carbocycles. The zero-order valence-corrected chi connectivity index (χ0v) is 17.8. The summed E-state index contributed by atoms with van der Waals surface area (Å²) in [7, 11) is 0. The van der Waals surface area contributed by atoms with E-state index in [4.69, 9.17) is 4.74 Å². The number of rotatable bonds is 9. The van der Waals surface area contributed by atoms with Crippen molar-refractivity contribution >= 4 is 11.5 Å². The summed E-state index contributed by atoms with van der Waals surface area (Å²) >= 11 is 0. The molecule has 0 bridgehead atoms. The number of aromatic nitrogens is 2. The van der Waals surface area contributed by atoms with Gasteiger partial charge in [0.05, 0.1) is 25.9 Å². The average Bonchev–Trinajstić information content (AvgIpc) is 2.74. The van der Waals surface area contributed by atoms with Crippen molar-refractivity contribution in [2.24, 2.45) is 0 Å². The first kappa shape index (κ1) is 22.3. The first-order chi connectivity index (χ1) is 14.5. The van der Waals surface area contributed by atoms with E-state index in [0.717, 1.165) is 31.6 Å². The van der Waals surface area contributed by atoms with Crippen LogP contribution in [0.4, 0.5) is 11.5 Å². The van der Waals surface area contributed by atoms with Crippen LogP contribution in [-0.2, 0) is 17.7 Å². The van der Waals surface area contributed by atoms with E-state index in [9.17, 15) is 14.7 Å². The Labute approximate surface area is 176 Å². The van der Waals surface area contributed by atoms with Crippen LogP contribution < -0.4 is 16.6 Å². The summed E-state index contributed by atoms with van der Waals surface area (Å²) in [4.78, 5) is 29.9. The van der Waals surface area contributed by atoms with Crippen molar-refractivity contribution in [3.05, 3.63) is 56.2 Å². The molecule has 1 aromatic heterocycles. The molecule has 0 spiro atoms. The van der Waals surface area contributed by atoms with Crippen LogP contribution in [0.5, 0.6) is 0 Å². The first-order valence-electron chi connectivity index (χ1n) is 10.6. The van der Waals surface area contributed by atoms with Gasteiger partial charge >= 0.3 is 5.69 Å². The highest BCUT2D eigenvalue weighted by molar-refractivity contribution is 5.57. The monoisotopic (exact) mass is 416 g/mol. The molecular formula is C22H32N4O4. The molecule has 0 radical (unpaired) electrons. The zero-order valence-electron chi connectivity index (χ0n) is 17.8. The minimum absolute atomic E-state index is 0.0326. The fourth-order valence-corrected chi connectivity index (χ4v) is 3.82. The SMILES string of the molecule is CCc1cc(Nc2cc(=O)n(CCCCN3CCOCC3CO)c(=O)[nH]2)ccc1C. The smallest absolute Gasteiger partial charge is 0.329 e. The van der Waals surface area contributed by atoms with Crippen molar-refractivity contribution in [3.8, 4) is 0 Å². The Balaban J connectivity index is 1.58. The van der Waals surface area contributed by atoms with Gasteiger partial charge < -0.3 is 15.2 Å². The molecule has 8 heteroatoms. The number of morpholine rings is 1. The van der Waals surface area contributed by atoms with E-state index >= 15 is 0 Å². The highest BCUT2D eigenvalue weighted by atomic mass is 16.5. The second-order valence-corrected chi connectivity index (χ2v) is 7.75. The second-order valence-electron chi connectivity index (χ2n) is 7.75. The average molecular weight is 417 g/mol. The fourth-order valence-electron chi connectivity index (χ4n) is 3.82. The third-order valence-electron chi connectivity index (χ3n) is 5.67. The van der Waals surface area contributed by atoms with Gasteiger partial charge in [0.1, 0.15) is 5.82 Å². The van der Waals surface area contributed by atoms with E-state index in [2.05, 4.69) is 29.0 Å². The molecule has 0 saturated carbocycles. The van der Waals surface area contributed by atoms with E-state index in [1.807, 2.05) is 18.2 Å². The van der Waals surface area contributed by atoms with Gasteiger partial charge in [-0.25, -0.2) is 4.79 Å². The molecule has 3 rings (SSSR count). The summed E-state index contributed by atoms with van der Waals surface area (Å²) in [5, 5.41) is 12.5. The van der Waals surface area contributed by atoms with Crippen LogP contribution in [0, 0.1) is 6.92 Å². The van der Waals surface area contributed by atoms with Crippen molar-refractivity contribution in [3.63, 3.8) is 0 Å². The lowest BCUT2D eigenvalue weighted by Gasteiger charge is -2.34. The summed E-state index contributed by atoms with van der Waals surface area (Å²) in [6.07, 6.45) is 2.47. The molecule has 8 nitrogen and oxygen atoms in total. The number of unbranched alkanes of at least 4 members (excludes halogenated alkanes) is 1. The standard InChI is InChI=1S/C22H32N4O4/c1-3-17-12-18(7-6-16(17)2)23-20-13-21(28)26(22(29)24-20)9-5-4-8-25-10-11-30-15-19(25)14-27/h6-7,12-13,19,23,27H,3-5,8-11,14-15H2,1-2H3,(H,24,29). The second kappa shape index (κ2) is 10.6. The van der Waals surface area contributed by atoms with Crippen LogP contribution in [-0.4, -0.2) is 58.5 Å². The third kappa shape index (κ3) is 5.59. The van der Waals surface area contributed by atoms with Crippen molar-refractivity contribution in [2.75, 3.05) is 38.2 Å². The van der Waals surface area contributed by atoms with Crippen LogP contribution in [0.15, 0.2) is 33.9 Å².